The fourth-order valence-electron chi connectivity index (χ4n) is 4.41. The second-order valence-electron chi connectivity index (χ2n) is 7.95. The van der Waals surface area contributed by atoms with Crippen molar-refractivity contribution in [2.45, 2.75) is 12.8 Å². The summed E-state index contributed by atoms with van der Waals surface area (Å²) < 4.78 is 10.7. The fraction of sp³-hybridized carbons (Fsp3) is 0.417. The Labute approximate surface area is 177 Å². The van der Waals surface area contributed by atoms with Crippen LogP contribution < -0.4 is 4.74 Å². The van der Waals surface area contributed by atoms with Crippen molar-refractivity contribution >= 4 is 11.8 Å². The van der Waals surface area contributed by atoms with Crippen LogP contribution in [0.1, 0.15) is 27.4 Å². The molecule has 0 saturated carbocycles. The second-order valence-corrected chi connectivity index (χ2v) is 7.95. The first-order valence-electron chi connectivity index (χ1n) is 10.4. The van der Waals surface area contributed by atoms with Crippen molar-refractivity contribution < 1.29 is 19.1 Å². The van der Waals surface area contributed by atoms with E-state index in [-0.39, 0.29) is 23.7 Å². The molecule has 2 heterocycles. The van der Waals surface area contributed by atoms with Gasteiger partial charge in [-0.3, -0.25) is 9.59 Å². The lowest BCUT2D eigenvalue weighted by atomic mass is 9.88. The summed E-state index contributed by atoms with van der Waals surface area (Å²) >= 11 is 0. The van der Waals surface area contributed by atoms with Gasteiger partial charge in [-0.15, -0.1) is 0 Å². The van der Waals surface area contributed by atoms with Crippen molar-refractivity contribution in [3.63, 3.8) is 0 Å². The maximum absolute atomic E-state index is 13.4. The van der Waals surface area contributed by atoms with Crippen molar-refractivity contribution in [2.24, 2.45) is 5.92 Å². The third kappa shape index (κ3) is 4.05. The summed E-state index contributed by atoms with van der Waals surface area (Å²) in [4.78, 5) is 30.4. The summed E-state index contributed by atoms with van der Waals surface area (Å²) in [5.41, 5.74) is 2.71. The monoisotopic (exact) mass is 408 g/mol. The second kappa shape index (κ2) is 8.88. The van der Waals surface area contributed by atoms with Gasteiger partial charge < -0.3 is 19.3 Å². The number of carbonyl (C=O) groups is 2. The van der Waals surface area contributed by atoms with E-state index in [2.05, 4.69) is 0 Å². The number of likely N-dealkylation sites (tertiary alicyclic amines) is 1. The quantitative estimate of drug-likeness (QED) is 0.781. The molecule has 2 saturated heterocycles. The lowest BCUT2D eigenvalue weighted by Crippen LogP contribution is -2.45. The first-order chi connectivity index (χ1) is 14.6. The molecule has 0 bridgehead atoms. The van der Waals surface area contributed by atoms with E-state index < -0.39 is 0 Å². The number of methoxy groups -OCH3 is 1. The van der Waals surface area contributed by atoms with E-state index in [1.165, 1.54) is 0 Å². The van der Waals surface area contributed by atoms with Gasteiger partial charge in [0.1, 0.15) is 5.75 Å². The number of ether oxygens (including phenoxy) is 2. The smallest absolute Gasteiger partial charge is 0.254 e. The molecule has 2 aliphatic heterocycles. The number of benzene rings is 2. The Bertz CT molecular complexity index is 906. The number of hydrogen-bond acceptors (Lipinski definition) is 4. The Balaban J connectivity index is 1.61. The van der Waals surface area contributed by atoms with Gasteiger partial charge in [0.05, 0.1) is 26.2 Å². The molecule has 158 valence electrons. The molecule has 0 N–H and O–H groups in total. The number of amides is 2. The maximum Gasteiger partial charge on any atom is 0.254 e. The predicted octanol–water partition coefficient (Wildman–Crippen LogP) is 2.72. The summed E-state index contributed by atoms with van der Waals surface area (Å²) in [7, 11) is 1.64. The van der Waals surface area contributed by atoms with Crippen molar-refractivity contribution in [3.8, 4) is 5.75 Å². The molecule has 0 spiro atoms. The van der Waals surface area contributed by atoms with Crippen LogP contribution in [0.3, 0.4) is 0 Å². The van der Waals surface area contributed by atoms with Crippen LogP contribution in [-0.2, 0) is 9.53 Å². The minimum atomic E-state index is -0.260. The van der Waals surface area contributed by atoms with Gasteiger partial charge in [0.25, 0.3) is 5.91 Å². The molecule has 4 rings (SSSR count). The van der Waals surface area contributed by atoms with Crippen LogP contribution >= 0.6 is 0 Å². The van der Waals surface area contributed by atoms with Crippen LogP contribution in [0, 0.1) is 12.8 Å². The highest BCUT2D eigenvalue weighted by atomic mass is 16.5. The van der Waals surface area contributed by atoms with Gasteiger partial charge in [-0.1, -0.05) is 30.3 Å². The largest absolute Gasteiger partial charge is 0.497 e. The number of morpholine rings is 1. The summed E-state index contributed by atoms with van der Waals surface area (Å²) in [6.07, 6.45) is 0. The minimum Gasteiger partial charge on any atom is -0.497 e. The Hall–Kier alpha value is -2.86. The molecule has 0 aromatic heterocycles. The van der Waals surface area contributed by atoms with E-state index in [1.807, 2.05) is 65.3 Å². The number of nitrogens with zero attached hydrogens (tertiary/aromatic N) is 2. The Kier molecular flexibility index (Phi) is 6.04. The first-order valence-corrected chi connectivity index (χ1v) is 10.4. The molecule has 0 unspecified atom stereocenters. The zero-order valence-electron chi connectivity index (χ0n) is 17.5. The van der Waals surface area contributed by atoms with Gasteiger partial charge in [0, 0.05) is 37.7 Å². The van der Waals surface area contributed by atoms with Crippen LogP contribution in [0.5, 0.6) is 5.75 Å². The Morgan fingerprint density at radius 2 is 1.67 bits per heavy atom. The molecule has 2 aliphatic rings. The van der Waals surface area contributed by atoms with E-state index in [0.29, 0.717) is 45.0 Å². The summed E-state index contributed by atoms with van der Waals surface area (Å²) in [5, 5.41) is 0. The van der Waals surface area contributed by atoms with Crippen LogP contribution in [0.25, 0.3) is 0 Å². The lowest BCUT2D eigenvalue weighted by Gasteiger charge is -2.30. The molecular formula is C24H28N2O4. The molecule has 2 aromatic rings. The molecule has 6 heteroatoms. The average molecular weight is 408 g/mol. The fourth-order valence-corrected chi connectivity index (χ4v) is 4.41. The van der Waals surface area contributed by atoms with E-state index in [4.69, 9.17) is 9.47 Å². The molecule has 2 amide bonds. The summed E-state index contributed by atoms with van der Waals surface area (Å²) in [6.45, 7) is 5.25. The lowest BCUT2D eigenvalue weighted by molar-refractivity contribution is -0.139. The SMILES string of the molecule is COc1ccc([C@H]2CN(C(=O)c3ccccc3C)C[C@H]2C(=O)N2CCOCC2)cc1. The van der Waals surface area contributed by atoms with Gasteiger partial charge in [-0.2, -0.15) is 0 Å². The van der Waals surface area contributed by atoms with E-state index in [9.17, 15) is 9.59 Å². The zero-order chi connectivity index (χ0) is 21.1. The molecule has 2 aromatic carbocycles. The summed E-state index contributed by atoms with van der Waals surface area (Å²) in [6, 6.07) is 15.5. The molecule has 30 heavy (non-hydrogen) atoms. The number of aryl methyl sites for hydroxylation is 1. The van der Waals surface area contributed by atoms with Gasteiger partial charge in [0.15, 0.2) is 0 Å². The molecule has 6 nitrogen and oxygen atoms in total. The highest BCUT2D eigenvalue weighted by molar-refractivity contribution is 5.96. The van der Waals surface area contributed by atoms with Crippen molar-refractivity contribution in [1.82, 2.24) is 9.80 Å². The van der Waals surface area contributed by atoms with Gasteiger partial charge in [-0.05, 0) is 36.2 Å². The van der Waals surface area contributed by atoms with Crippen molar-refractivity contribution in [3.05, 3.63) is 65.2 Å². The van der Waals surface area contributed by atoms with E-state index >= 15 is 0 Å². The number of carbonyl (C=O) groups excluding carboxylic acids is 2. The van der Waals surface area contributed by atoms with Crippen LogP contribution in [0.4, 0.5) is 0 Å². The third-order valence-corrected chi connectivity index (χ3v) is 6.17. The normalized spacial score (nSPS) is 21.5. The third-order valence-electron chi connectivity index (χ3n) is 6.17. The van der Waals surface area contributed by atoms with E-state index in [1.54, 1.807) is 7.11 Å². The maximum atomic E-state index is 13.4. The molecule has 0 radical (unpaired) electrons. The van der Waals surface area contributed by atoms with Crippen LogP contribution in [0.15, 0.2) is 48.5 Å². The standard InChI is InChI=1S/C24H28N2O4/c1-17-5-3-4-6-20(17)23(27)26-15-21(18-7-9-19(29-2)10-8-18)22(16-26)24(28)25-11-13-30-14-12-25/h3-10,21-22H,11-16H2,1-2H3/t21-,22-/m1/s1. The van der Waals surface area contributed by atoms with Crippen molar-refractivity contribution in [1.29, 1.82) is 0 Å². The summed E-state index contributed by atoms with van der Waals surface area (Å²) in [5.74, 6) is 0.576. The molecule has 0 aliphatic carbocycles. The zero-order valence-corrected chi connectivity index (χ0v) is 17.5. The Morgan fingerprint density at radius 1 is 0.967 bits per heavy atom. The predicted molar refractivity (Wildman–Crippen MR) is 114 cm³/mol. The minimum absolute atomic E-state index is 0.0103. The average Bonchev–Trinajstić information content (AvgIpc) is 3.24. The highest BCUT2D eigenvalue weighted by Crippen LogP contribution is 2.36. The Morgan fingerprint density at radius 3 is 2.33 bits per heavy atom. The number of hydrogen-bond donors (Lipinski definition) is 0. The highest BCUT2D eigenvalue weighted by Gasteiger charge is 2.42. The van der Waals surface area contributed by atoms with Crippen molar-refractivity contribution in [2.75, 3.05) is 46.5 Å². The van der Waals surface area contributed by atoms with Crippen LogP contribution in [-0.4, -0.2) is 68.1 Å². The van der Waals surface area contributed by atoms with Gasteiger partial charge in [0.2, 0.25) is 5.91 Å². The number of rotatable bonds is 4. The van der Waals surface area contributed by atoms with Crippen LogP contribution in [0.2, 0.25) is 0 Å². The molecule has 2 atom stereocenters. The van der Waals surface area contributed by atoms with Gasteiger partial charge >= 0.3 is 0 Å². The van der Waals surface area contributed by atoms with E-state index in [0.717, 1.165) is 16.9 Å². The van der Waals surface area contributed by atoms with Gasteiger partial charge in [-0.25, -0.2) is 0 Å². The molecular weight excluding hydrogens is 380 g/mol. The first kappa shape index (κ1) is 20.4. The molecule has 2 fully saturated rings. The topological polar surface area (TPSA) is 59.1 Å².